The molecule has 192 valence electrons. The average molecular weight is 729 g/mol. The van der Waals surface area contributed by atoms with Crippen LogP contribution in [0.5, 0.6) is 0 Å². The summed E-state index contributed by atoms with van der Waals surface area (Å²) in [5.41, 5.74) is 14.5. The minimum Gasteiger partial charge on any atom is -0.310 e. The van der Waals surface area contributed by atoms with Gasteiger partial charge in [0.05, 0.1) is 0 Å². The second-order valence-electron chi connectivity index (χ2n) is 11.8. The summed E-state index contributed by atoms with van der Waals surface area (Å²) in [6.45, 7) is 9.45. The molecule has 0 atom stereocenters. The van der Waals surface area contributed by atoms with Crippen molar-refractivity contribution in [2.45, 2.75) is 38.5 Å². The summed E-state index contributed by atoms with van der Waals surface area (Å²) in [6.07, 6.45) is 0. The molecule has 5 aromatic carbocycles. The van der Waals surface area contributed by atoms with Gasteiger partial charge in [0.2, 0.25) is 0 Å². The van der Waals surface area contributed by atoms with E-state index in [4.69, 9.17) is 0 Å². The van der Waals surface area contributed by atoms with E-state index in [2.05, 4.69) is 181 Å². The Morgan fingerprint density at radius 2 is 0.821 bits per heavy atom. The first kappa shape index (κ1) is 25.3. The highest BCUT2D eigenvalue weighted by Crippen LogP contribution is 2.53. The molecule has 0 spiro atoms. The van der Waals surface area contributed by atoms with E-state index in [0.29, 0.717) is 0 Å². The van der Waals surface area contributed by atoms with Gasteiger partial charge in [-0.3, -0.25) is 0 Å². The summed E-state index contributed by atoms with van der Waals surface area (Å²) >= 11 is 4.86. The fourth-order valence-corrected chi connectivity index (χ4v) is 7.68. The molecule has 0 unspecified atom stereocenters. The second-order valence-corrected chi connectivity index (χ2v) is 14.3. The van der Waals surface area contributed by atoms with E-state index in [0.717, 1.165) is 0 Å². The fourth-order valence-electron chi connectivity index (χ4n) is 6.70. The molecule has 3 heteroatoms. The summed E-state index contributed by atoms with van der Waals surface area (Å²) < 4.78 is 2.57. The molecule has 0 N–H and O–H groups in total. The quantitative estimate of drug-likeness (QED) is 0.167. The van der Waals surface area contributed by atoms with E-state index < -0.39 is 0 Å². The second kappa shape index (κ2) is 8.93. The Morgan fingerprint density at radius 1 is 0.436 bits per heavy atom. The van der Waals surface area contributed by atoms with Crippen molar-refractivity contribution in [2.75, 3.05) is 4.90 Å². The summed E-state index contributed by atoms with van der Waals surface area (Å²) in [6, 6.07) is 38.6. The third-order valence-corrected chi connectivity index (χ3v) is 10.1. The first-order valence-corrected chi connectivity index (χ1v) is 15.6. The van der Waals surface area contributed by atoms with E-state index in [1.54, 1.807) is 0 Å². The number of halogens is 2. The fraction of sp³-hybridized carbons (Fsp3) is 0.167. The Balaban J connectivity index is 1.40. The third-order valence-electron chi connectivity index (χ3n) is 8.77. The highest BCUT2D eigenvalue weighted by Gasteiger charge is 2.38. The van der Waals surface area contributed by atoms with Gasteiger partial charge in [0.1, 0.15) is 0 Å². The zero-order valence-electron chi connectivity index (χ0n) is 22.5. The monoisotopic (exact) mass is 729 g/mol. The van der Waals surface area contributed by atoms with Crippen molar-refractivity contribution in [3.8, 4) is 22.3 Å². The van der Waals surface area contributed by atoms with Crippen LogP contribution >= 0.6 is 45.2 Å². The lowest BCUT2D eigenvalue weighted by Crippen LogP contribution is -2.18. The van der Waals surface area contributed by atoms with Gasteiger partial charge in [0.15, 0.2) is 0 Å². The van der Waals surface area contributed by atoms with E-state index in [1.165, 1.54) is 68.7 Å². The minimum absolute atomic E-state index is 0.0526. The van der Waals surface area contributed by atoms with Crippen molar-refractivity contribution in [3.05, 3.63) is 133 Å². The van der Waals surface area contributed by atoms with Gasteiger partial charge in [0, 0.05) is 35.0 Å². The number of anilines is 3. The van der Waals surface area contributed by atoms with Crippen molar-refractivity contribution in [1.82, 2.24) is 0 Å². The van der Waals surface area contributed by atoms with Crippen LogP contribution in [-0.4, -0.2) is 0 Å². The number of rotatable bonds is 3. The van der Waals surface area contributed by atoms with Crippen molar-refractivity contribution in [1.29, 1.82) is 0 Å². The first-order chi connectivity index (χ1) is 18.7. The first-order valence-electron chi connectivity index (χ1n) is 13.4. The lowest BCUT2D eigenvalue weighted by Gasteiger charge is -2.29. The Morgan fingerprint density at radius 3 is 1.26 bits per heavy atom. The van der Waals surface area contributed by atoms with Gasteiger partial charge in [-0.15, -0.1) is 0 Å². The molecule has 0 amide bonds. The van der Waals surface area contributed by atoms with Crippen molar-refractivity contribution < 1.29 is 0 Å². The van der Waals surface area contributed by atoms with Crippen LogP contribution in [0.1, 0.15) is 49.9 Å². The maximum atomic E-state index is 2.43. The standard InChI is InChI=1S/C36H29I2N/c1-35(2)31-18-22(37)10-14-27(31)29-16-12-25(20-33(29)35)39(24-8-6-5-7-9-24)26-13-17-30-28-15-11-23(38)19-32(28)36(3,4)34(30)21-26/h5-21H,1-4H3. The van der Waals surface area contributed by atoms with Gasteiger partial charge in [0.25, 0.3) is 0 Å². The summed E-state index contributed by atoms with van der Waals surface area (Å²) in [5, 5.41) is 0. The van der Waals surface area contributed by atoms with Crippen molar-refractivity contribution >= 4 is 62.2 Å². The lowest BCUT2D eigenvalue weighted by atomic mass is 9.82. The Bertz CT molecular complexity index is 1670. The molecular formula is C36H29I2N. The number of nitrogens with zero attached hydrogens (tertiary/aromatic N) is 1. The van der Waals surface area contributed by atoms with Crippen LogP contribution in [0.3, 0.4) is 0 Å². The highest BCUT2D eigenvalue weighted by molar-refractivity contribution is 14.1. The van der Waals surface area contributed by atoms with Crippen LogP contribution in [0.2, 0.25) is 0 Å². The Hall–Kier alpha value is -2.64. The van der Waals surface area contributed by atoms with Gasteiger partial charge >= 0.3 is 0 Å². The van der Waals surface area contributed by atoms with Crippen LogP contribution in [0.15, 0.2) is 103 Å². The van der Waals surface area contributed by atoms with E-state index in [9.17, 15) is 0 Å². The summed E-state index contributed by atoms with van der Waals surface area (Å²) in [7, 11) is 0. The molecule has 0 radical (unpaired) electrons. The molecule has 1 nitrogen and oxygen atoms in total. The van der Waals surface area contributed by atoms with Crippen molar-refractivity contribution in [2.24, 2.45) is 0 Å². The number of hydrogen-bond donors (Lipinski definition) is 0. The number of para-hydroxylation sites is 1. The van der Waals surface area contributed by atoms with Crippen LogP contribution in [0.4, 0.5) is 17.1 Å². The number of fused-ring (bicyclic) bond motifs is 6. The molecule has 0 aromatic heterocycles. The van der Waals surface area contributed by atoms with Crippen LogP contribution in [0.25, 0.3) is 22.3 Å². The number of hydrogen-bond acceptors (Lipinski definition) is 1. The zero-order chi connectivity index (χ0) is 27.1. The Kier molecular flexibility index (Phi) is 5.80. The molecule has 0 bridgehead atoms. The average Bonchev–Trinajstić information content (AvgIpc) is 3.28. The van der Waals surface area contributed by atoms with Gasteiger partial charge in [-0.25, -0.2) is 0 Å². The SMILES string of the molecule is CC1(C)c2cc(I)ccc2-c2ccc(N(c3ccccc3)c3ccc4c(c3)C(C)(C)c3cc(I)ccc3-4)cc21. The normalized spacial score (nSPS) is 15.3. The van der Waals surface area contributed by atoms with E-state index >= 15 is 0 Å². The molecule has 0 saturated carbocycles. The summed E-state index contributed by atoms with van der Waals surface area (Å²) in [4.78, 5) is 2.42. The third kappa shape index (κ3) is 3.83. The molecule has 7 rings (SSSR count). The topological polar surface area (TPSA) is 3.24 Å². The zero-order valence-corrected chi connectivity index (χ0v) is 26.8. The van der Waals surface area contributed by atoms with E-state index in [-0.39, 0.29) is 10.8 Å². The maximum absolute atomic E-state index is 2.43. The highest BCUT2D eigenvalue weighted by atomic mass is 127. The predicted molar refractivity (Wildman–Crippen MR) is 182 cm³/mol. The van der Waals surface area contributed by atoms with Crippen LogP contribution in [-0.2, 0) is 10.8 Å². The van der Waals surface area contributed by atoms with E-state index in [1.807, 2.05) is 0 Å². The molecule has 2 aliphatic carbocycles. The van der Waals surface area contributed by atoms with Gasteiger partial charge in [-0.1, -0.05) is 70.2 Å². The van der Waals surface area contributed by atoms with Crippen LogP contribution < -0.4 is 4.90 Å². The molecule has 0 aliphatic heterocycles. The predicted octanol–water partition coefficient (Wildman–Crippen LogP) is 11.0. The smallest absolute Gasteiger partial charge is 0.0465 e. The Labute approximate surface area is 258 Å². The van der Waals surface area contributed by atoms with Crippen molar-refractivity contribution in [3.63, 3.8) is 0 Å². The lowest BCUT2D eigenvalue weighted by molar-refractivity contribution is 0.659. The molecule has 2 aliphatic rings. The van der Waals surface area contributed by atoms with Gasteiger partial charge in [-0.2, -0.15) is 0 Å². The molecule has 0 fully saturated rings. The molecule has 5 aromatic rings. The molecule has 39 heavy (non-hydrogen) atoms. The molecule has 0 heterocycles. The maximum Gasteiger partial charge on any atom is 0.0465 e. The molecule has 0 saturated heterocycles. The van der Waals surface area contributed by atoms with Gasteiger partial charge in [-0.05, 0) is 150 Å². The van der Waals surface area contributed by atoms with Gasteiger partial charge < -0.3 is 4.90 Å². The largest absolute Gasteiger partial charge is 0.310 e. The summed E-state index contributed by atoms with van der Waals surface area (Å²) in [5.74, 6) is 0. The van der Waals surface area contributed by atoms with Crippen LogP contribution in [0, 0.1) is 7.14 Å². The molecular weight excluding hydrogens is 700 g/mol. The minimum atomic E-state index is -0.0526. The number of benzene rings is 5.